The summed E-state index contributed by atoms with van der Waals surface area (Å²) in [6, 6.07) is 18.6. The molecule has 1 amide bonds. The van der Waals surface area contributed by atoms with Gasteiger partial charge in [0.1, 0.15) is 0 Å². The van der Waals surface area contributed by atoms with Gasteiger partial charge in [0.15, 0.2) is 5.69 Å². The number of likely N-dealkylation sites (N-methyl/N-ethyl adjacent to an activating group) is 1. The zero-order valence-corrected chi connectivity index (χ0v) is 16.7. The summed E-state index contributed by atoms with van der Waals surface area (Å²) >= 11 is 0. The average molecular weight is 377 g/mol. The average Bonchev–Trinajstić information content (AvgIpc) is 3.17. The lowest BCUT2D eigenvalue weighted by atomic mass is 10.0. The first-order valence-electron chi connectivity index (χ1n) is 9.54. The Balaban J connectivity index is 1.61. The van der Waals surface area contributed by atoms with E-state index in [2.05, 4.69) is 51.7 Å². The molecule has 3 aromatic rings. The van der Waals surface area contributed by atoms with Gasteiger partial charge in [0.05, 0.1) is 18.8 Å². The first-order chi connectivity index (χ1) is 13.6. The third-order valence-corrected chi connectivity index (χ3v) is 4.81. The van der Waals surface area contributed by atoms with Gasteiger partial charge in [-0.05, 0) is 37.2 Å². The van der Waals surface area contributed by atoms with Crippen molar-refractivity contribution in [2.75, 3.05) is 20.6 Å². The van der Waals surface area contributed by atoms with Crippen molar-refractivity contribution < 1.29 is 4.79 Å². The molecule has 0 spiro atoms. The molecule has 28 heavy (non-hydrogen) atoms. The van der Waals surface area contributed by atoms with E-state index in [9.17, 15) is 4.79 Å². The fourth-order valence-electron chi connectivity index (χ4n) is 3.10. The van der Waals surface area contributed by atoms with Crippen LogP contribution in [0, 0.1) is 0 Å². The van der Waals surface area contributed by atoms with E-state index in [-0.39, 0.29) is 11.9 Å². The summed E-state index contributed by atoms with van der Waals surface area (Å²) in [5.74, 6) is -0.212. The van der Waals surface area contributed by atoms with Crippen molar-refractivity contribution in [3.8, 4) is 0 Å². The van der Waals surface area contributed by atoms with Crippen molar-refractivity contribution in [3.05, 3.63) is 83.2 Å². The van der Waals surface area contributed by atoms with Crippen molar-refractivity contribution in [2.45, 2.75) is 25.9 Å². The molecule has 0 aliphatic rings. The van der Waals surface area contributed by atoms with Gasteiger partial charge in [-0.25, -0.2) is 4.68 Å². The number of amides is 1. The summed E-state index contributed by atoms with van der Waals surface area (Å²) in [5, 5.41) is 11.1. The molecule has 1 N–H and O–H groups in total. The van der Waals surface area contributed by atoms with Gasteiger partial charge in [0, 0.05) is 6.54 Å². The SMILES string of the molecule is CCc1ccc([C@@H](CNC(=O)c2cn(Cc3ccccc3)nn2)N(C)C)cc1. The Labute approximate surface area is 166 Å². The monoisotopic (exact) mass is 377 g/mol. The molecule has 0 aliphatic carbocycles. The molecule has 0 aliphatic heterocycles. The molecule has 1 atom stereocenters. The minimum absolute atomic E-state index is 0.0919. The predicted octanol–water partition coefficient (Wildman–Crippen LogP) is 2.92. The molecule has 1 aromatic heterocycles. The normalized spacial score (nSPS) is 12.1. The Morgan fingerprint density at radius 1 is 1.07 bits per heavy atom. The van der Waals surface area contributed by atoms with Crippen LogP contribution in [-0.2, 0) is 13.0 Å². The number of hydrogen-bond acceptors (Lipinski definition) is 4. The minimum atomic E-state index is -0.212. The minimum Gasteiger partial charge on any atom is -0.349 e. The number of aromatic nitrogens is 3. The molecular weight excluding hydrogens is 350 g/mol. The van der Waals surface area contributed by atoms with E-state index in [0.717, 1.165) is 12.0 Å². The van der Waals surface area contributed by atoms with Crippen molar-refractivity contribution in [3.63, 3.8) is 0 Å². The van der Waals surface area contributed by atoms with E-state index in [1.54, 1.807) is 10.9 Å². The fourth-order valence-corrected chi connectivity index (χ4v) is 3.10. The topological polar surface area (TPSA) is 63.1 Å². The van der Waals surface area contributed by atoms with Crippen molar-refractivity contribution in [2.24, 2.45) is 0 Å². The largest absolute Gasteiger partial charge is 0.349 e. The summed E-state index contributed by atoms with van der Waals surface area (Å²) in [4.78, 5) is 14.6. The van der Waals surface area contributed by atoms with Crippen molar-refractivity contribution in [1.82, 2.24) is 25.2 Å². The van der Waals surface area contributed by atoms with Gasteiger partial charge in [-0.15, -0.1) is 5.10 Å². The standard InChI is InChI=1S/C22H27N5O/c1-4-17-10-12-19(13-11-17)21(26(2)3)14-23-22(28)20-16-27(25-24-20)15-18-8-6-5-7-9-18/h5-13,16,21H,4,14-15H2,1-3H3,(H,23,28)/t21-/m1/s1. The van der Waals surface area contributed by atoms with Crippen molar-refractivity contribution in [1.29, 1.82) is 0 Å². The fraction of sp³-hybridized carbons (Fsp3) is 0.318. The molecule has 0 saturated heterocycles. The van der Waals surface area contributed by atoms with E-state index in [1.807, 2.05) is 44.4 Å². The molecule has 6 nitrogen and oxygen atoms in total. The number of nitrogens with one attached hydrogen (secondary N) is 1. The van der Waals surface area contributed by atoms with E-state index in [4.69, 9.17) is 0 Å². The highest BCUT2D eigenvalue weighted by Gasteiger charge is 2.17. The van der Waals surface area contributed by atoms with Crippen LogP contribution in [0.3, 0.4) is 0 Å². The number of rotatable bonds is 8. The van der Waals surface area contributed by atoms with Crippen LogP contribution in [0.1, 0.15) is 40.1 Å². The molecule has 0 unspecified atom stereocenters. The second kappa shape index (κ2) is 9.28. The molecule has 0 fully saturated rings. The molecule has 0 bridgehead atoms. The van der Waals surface area contributed by atoms with Gasteiger partial charge in [-0.2, -0.15) is 0 Å². The van der Waals surface area contributed by atoms with E-state index >= 15 is 0 Å². The molecule has 2 aromatic carbocycles. The Morgan fingerprint density at radius 2 is 1.79 bits per heavy atom. The van der Waals surface area contributed by atoms with Crippen LogP contribution in [0.4, 0.5) is 0 Å². The third kappa shape index (κ3) is 5.04. The van der Waals surface area contributed by atoms with E-state index in [0.29, 0.717) is 18.8 Å². The zero-order valence-electron chi connectivity index (χ0n) is 16.7. The lowest BCUT2D eigenvalue weighted by molar-refractivity contribution is 0.0937. The quantitative estimate of drug-likeness (QED) is 0.656. The second-order valence-corrected chi connectivity index (χ2v) is 7.07. The maximum Gasteiger partial charge on any atom is 0.273 e. The molecule has 146 valence electrons. The lowest BCUT2D eigenvalue weighted by Crippen LogP contribution is -2.34. The third-order valence-electron chi connectivity index (χ3n) is 4.81. The summed E-state index contributed by atoms with van der Waals surface area (Å²) in [7, 11) is 4.03. The Hall–Kier alpha value is -2.99. The van der Waals surface area contributed by atoms with Crippen LogP contribution in [0.2, 0.25) is 0 Å². The van der Waals surface area contributed by atoms with Crippen LogP contribution in [0.25, 0.3) is 0 Å². The molecule has 0 radical (unpaired) electrons. The van der Waals surface area contributed by atoms with Gasteiger partial charge in [-0.1, -0.05) is 66.7 Å². The summed E-state index contributed by atoms with van der Waals surface area (Å²) < 4.78 is 1.68. The predicted molar refractivity (Wildman–Crippen MR) is 110 cm³/mol. The van der Waals surface area contributed by atoms with Gasteiger partial charge < -0.3 is 10.2 Å². The highest BCUT2D eigenvalue weighted by molar-refractivity contribution is 5.91. The molecular formula is C22H27N5O. The molecule has 6 heteroatoms. The van der Waals surface area contributed by atoms with Gasteiger partial charge in [-0.3, -0.25) is 4.79 Å². The number of aryl methyl sites for hydroxylation is 1. The Morgan fingerprint density at radius 3 is 2.43 bits per heavy atom. The first-order valence-corrected chi connectivity index (χ1v) is 9.54. The van der Waals surface area contributed by atoms with Crippen LogP contribution < -0.4 is 5.32 Å². The highest BCUT2D eigenvalue weighted by atomic mass is 16.2. The van der Waals surface area contributed by atoms with E-state index < -0.39 is 0 Å². The highest BCUT2D eigenvalue weighted by Crippen LogP contribution is 2.18. The van der Waals surface area contributed by atoms with Gasteiger partial charge in [0.2, 0.25) is 0 Å². The summed E-state index contributed by atoms with van der Waals surface area (Å²) in [6.07, 6.45) is 2.70. The lowest BCUT2D eigenvalue weighted by Gasteiger charge is -2.25. The Bertz CT molecular complexity index is 887. The van der Waals surface area contributed by atoms with Crippen LogP contribution >= 0.6 is 0 Å². The number of carbonyl (C=O) groups is 1. The van der Waals surface area contributed by atoms with Crippen LogP contribution in [0.5, 0.6) is 0 Å². The van der Waals surface area contributed by atoms with Crippen molar-refractivity contribution >= 4 is 5.91 Å². The number of benzene rings is 2. The smallest absolute Gasteiger partial charge is 0.273 e. The number of nitrogens with zero attached hydrogens (tertiary/aromatic N) is 4. The van der Waals surface area contributed by atoms with Crippen LogP contribution in [-0.4, -0.2) is 46.4 Å². The maximum absolute atomic E-state index is 12.5. The van der Waals surface area contributed by atoms with Gasteiger partial charge >= 0.3 is 0 Å². The molecule has 0 saturated carbocycles. The number of hydrogen-bond donors (Lipinski definition) is 1. The van der Waals surface area contributed by atoms with E-state index in [1.165, 1.54) is 11.1 Å². The summed E-state index contributed by atoms with van der Waals surface area (Å²) in [5.41, 5.74) is 3.92. The first kappa shape index (κ1) is 19.8. The van der Waals surface area contributed by atoms with Crippen LogP contribution in [0.15, 0.2) is 60.8 Å². The molecule has 1 heterocycles. The Kier molecular flexibility index (Phi) is 6.55. The van der Waals surface area contributed by atoms with Gasteiger partial charge in [0.25, 0.3) is 5.91 Å². The number of carbonyl (C=O) groups excluding carboxylic acids is 1. The zero-order chi connectivity index (χ0) is 19.9. The summed E-state index contributed by atoms with van der Waals surface area (Å²) in [6.45, 7) is 3.23. The molecule has 3 rings (SSSR count). The second-order valence-electron chi connectivity index (χ2n) is 7.07. The maximum atomic E-state index is 12.5.